The van der Waals surface area contributed by atoms with Crippen molar-refractivity contribution >= 4 is 0 Å². The average Bonchev–Trinajstić information content (AvgIpc) is 3.03. The normalized spacial score (nSPS) is 25.8. The van der Waals surface area contributed by atoms with Crippen molar-refractivity contribution in [3.63, 3.8) is 0 Å². The molecular formula is C20H19F3O. The topological polar surface area (TPSA) is 9.23 Å². The van der Waals surface area contributed by atoms with E-state index in [1.165, 1.54) is 17.7 Å². The Bertz CT molecular complexity index is 748. The van der Waals surface area contributed by atoms with E-state index in [1.54, 1.807) is 0 Å². The van der Waals surface area contributed by atoms with Gasteiger partial charge in [-0.3, -0.25) is 0 Å². The van der Waals surface area contributed by atoms with Gasteiger partial charge in [-0.15, -0.1) is 0 Å². The smallest absolute Gasteiger partial charge is 0.416 e. The van der Waals surface area contributed by atoms with Gasteiger partial charge in [-0.05, 0) is 55.0 Å². The lowest BCUT2D eigenvalue weighted by molar-refractivity contribution is -0.137. The summed E-state index contributed by atoms with van der Waals surface area (Å²) in [4.78, 5) is 0. The van der Waals surface area contributed by atoms with Crippen LogP contribution in [0.15, 0.2) is 42.5 Å². The number of aryl methyl sites for hydroxylation is 1. The standard InChI is InChI=1S/C20H19F3O/c1-12-5-7-13(8-6-12)19-16-4-2-3-15(16)17-11-14(20(21,22)23)9-10-18(17)24-19/h5-11,15-16,19H,2-4H2,1H3/t15-,16+,19+/m0/s1. The van der Waals surface area contributed by atoms with Gasteiger partial charge >= 0.3 is 6.18 Å². The van der Waals surface area contributed by atoms with Crippen molar-refractivity contribution in [2.45, 2.75) is 44.4 Å². The van der Waals surface area contributed by atoms with Gasteiger partial charge in [0.1, 0.15) is 11.9 Å². The highest BCUT2D eigenvalue weighted by atomic mass is 19.4. The molecule has 0 radical (unpaired) electrons. The second-order valence-electron chi connectivity index (χ2n) is 6.90. The summed E-state index contributed by atoms with van der Waals surface area (Å²) in [6.07, 6.45) is -1.40. The van der Waals surface area contributed by atoms with Crippen LogP contribution in [0.25, 0.3) is 0 Å². The Morgan fingerprint density at radius 1 is 1.00 bits per heavy atom. The number of benzene rings is 2. The van der Waals surface area contributed by atoms with Crippen LogP contribution in [-0.2, 0) is 6.18 Å². The van der Waals surface area contributed by atoms with Crippen molar-refractivity contribution in [1.29, 1.82) is 0 Å². The molecule has 3 atom stereocenters. The summed E-state index contributed by atoms with van der Waals surface area (Å²) in [5.41, 5.74) is 2.45. The van der Waals surface area contributed by atoms with Gasteiger partial charge in [0, 0.05) is 5.92 Å². The van der Waals surface area contributed by atoms with Crippen LogP contribution in [0.4, 0.5) is 13.2 Å². The molecule has 126 valence electrons. The van der Waals surface area contributed by atoms with Crippen LogP contribution in [0.5, 0.6) is 5.75 Å². The molecule has 24 heavy (non-hydrogen) atoms. The van der Waals surface area contributed by atoms with Crippen molar-refractivity contribution in [3.8, 4) is 5.75 Å². The van der Waals surface area contributed by atoms with Crippen molar-refractivity contribution in [1.82, 2.24) is 0 Å². The van der Waals surface area contributed by atoms with Crippen LogP contribution in [0.1, 0.15) is 53.5 Å². The zero-order chi connectivity index (χ0) is 16.9. The Hall–Kier alpha value is -1.97. The Morgan fingerprint density at radius 2 is 1.75 bits per heavy atom. The molecule has 4 rings (SSSR count). The Morgan fingerprint density at radius 3 is 2.46 bits per heavy atom. The highest BCUT2D eigenvalue weighted by molar-refractivity contribution is 5.44. The summed E-state index contributed by atoms with van der Waals surface area (Å²) in [7, 11) is 0. The summed E-state index contributed by atoms with van der Waals surface area (Å²) in [6, 6.07) is 12.2. The quantitative estimate of drug-likeness (QED) is 0.619. The first kappa shape index (κ1) is 15.6. The number of alkyl halides is 3. The van der Waals surface area contributed by atoms with E-state index in [4.69, 9.17) is 4.74 Å². The molecule has 0 N–H and O–H groups in total. The summed E-state index contributed by atoms with van der Waals surface area (Å²) in [5, 5.41) is 0. The maximum atomic E-state index is 13.0. The second kappa shape index (κ2) is 5.54. The van der Waals surface area contributed by atoms with E-state index in [1.807, 2.05) is 6.92 Å². The third kappa shape index (κ3) is 2.58. The SMILES string of the molecule is Cc1ccc([C@H]2Oc3ccc(C(F)(F)F)cc3[C@H]3CCC[C@H]32)cc1. The van der Waals surface area contributed by atoms with Crippen LogP contribution in [0, 0.1) is 12.8 Å². The molecule has 0 bridgehead atoms. The average molecular weight is 332 g/mol. The molecule has 0 amide bonds. The number of rotatable bonds is 1. The molecule has 0 spiro atoms. The molecule has 0 saturated heterocycles. The minimum absolute atomic E-state index is 0.0673. The van der Waals surface area contributed by atoms with Crippen molar-refractivity contribution in [3.05, 3.63) is 64.7 Å². The molecule has 2 aromatic carbocycles. The molecule has 1 aliphatic heterocycles. The summed E-state index contributed by atoms with van der Waals surface area (Å²) in [5.74, 6) is 1.02. The molecule has 1 fully saturated rings. The van der Waals surface area contributed by atoms with Gasteiger partial charge in [0.15, 0.2) is 0 Å². The van der Waals surface area contributed by atoms with E-state index in [-0.39, 0.29) is 17.9 Å². The third-order valence-electron chi connectivity index (χ3n) is 5.35. The van der Waals surface area contributed by atoms with Gasteiger partial charge < -0.3 is 4.74 Å². The van der Waals surface area contributed by atoms with E-state index >= 15 is 0 Å². The van der Waals surface area contributed by atoms with Crippen LogP contribution in [0.3, 0.4) is 0 Å². The van der Waals surface area contributed by atoms with E-state index in [0.717, 1.165) is 36.5 Å². The second-order valence-corrected chi connectivity index (χ2v) is 6.90. The monoisotopic (exact) mass is 332 g/mol. The molecule has 0 unspecified atom stereocenters. The first-order valence-corrected chi connectivity index (χ1v) is 8.38. The van der Waals surface area contributed by atoms with Crippen LogP contribution >= 0.6 is 0 Å². The van der Waals surface area contributed by atoms with Gasteiger partial charge in [-0.25, -0.2) is 0 Å². The van der Waals surface area contributed by atoms with E-state index < -0.39 is 11.7 Å². The van der Waals surface area contributed by atoms with Gasteiger partial charge in [-0.1, -0.05) is 36.2 Å². The number of hydrogen-bond acceptors (Lipinski definition) is 1. The molecule has 1 saturated carbocycles. The summed E-state index contributed by atoms with van der Waals surface area (Å²) >= 11 is 0. The third-order valence-corrected chi connectivity index (χ3v) is 5.35. The van der Waals surface area contributed by atoms with E-state index in [9.17, 15) is 13.2 Å². The first-order valence-electron chi connectivity index (χ1n) is 8.38. The lowest BCUT2D eigenvalue weighted by Gasteiger charge is -2.36. The van der Waals surface area contributed by atoms with Gasteiger partial charge in [0.2, 0.25) is 0 Å². The maximum absolute atomic E-state index is 13.0. The predicted octanol–water partition coefficient (Wildman–Crippen LogP) is 6.03. The zero-order valence-electron chi connectivity index (χ0n) is 13.4. The predicted molar refractivity (Wildman–Crippen MR) is 86.1 cm³/mol. The van der Waals surface area contributed by atoms with Crippen LogP contribution < -0.4 is 4.74 Å². The molecule has 4 heteroatoms. The highest BCUT2D eigenvalue weighted by Gasteiger charge is 2.43. The number of hydrogen-bond donors (Lipinski definition) is 0. The first-order chi connectivity index (χ1) is 11.4. The maximum Gasteiger partial charge on any atom is 0.416 e. The van der Waals surface area contributed by atoms with Crippen molar-refractivity contribution < 1.29 is 17.9 Å². The van der Waals surface area contributed by atoms with Crippen molar-refractivity contribution in [2.75, 3.05) is 0 Å². The number of halogens is 3. The summed E-state index contributed by atoms with van der Waals surface area (Å²) in [6.45, 7) is 2.04. The van der Waals surface area contributed by atoms with Gasteiger partial charge in [0.25, 0.3) is 0 Å². The Labute approximate surface area is 139 Å². The lowest BCUT2D eigenvalue weighted by Crippen LogP contribution is -2.27. The minimum atomic E-state index is -4.31. The fraction of sp³-hybridized carbons (Fsp3) is 0.400. The lowest BCUT2D eigenvalue weighted by atomic mass is 9.79. The molecule has 1 aliphatic carbocycles. The minimum Gasteiger partial charge on any atom is -0.485 e. The molecular weight excluding hydrogens is 313 g/mol. The highest BCUT2D eigenvalue weighted by Crippen LogP contribution is 2.54. The molecule has 0 aromatic heterocycles. The number of fused-ring (bicyclic) bond motifs is 3. The largest absolute Gasteiger partial charge is 0.485 e. The fourth-order valence-corrected chi connectivity index (χ4v) is 4.15. The molecule has 1 nitrogen and oxygen atoms in total. The Balaban J connectivity index is 1.75. The van der Waals surface area contributed by atoms with Gasteiger partial charge in [-0.2, -0.15) is 13.2 Å². The Kier molecular flexibility index (Phi) is 3.59. The van der Waals surface area contributed by atoms with Gasteiger partial charge in [0.05, 0.1) is 5.56 Å². The van der Waals surface area contributed by atoms with E-state index in [2.05, 4.69) is 24.3 Å². The fourth-order valence-electron chi connectivity index (χ4n) is 4.15. The van der Waals surface area contributed by atoms with Crippen LogP contribution in [0.2, 0.25) is 0 Å². The zero-order valence-corrected chi connectivity index (χ0v) is 13.4. The van der Waals surface area contributed by atoms with E-state index in [0.29, 0.717) is 5.75 Å². The molecule has 1 heterocycles. The van der Waals surface area contributed by atoms with Crippen LogP contribution in [-0.4, -0.2) is 0 Å². The summed E-state index contributed by atoms with van der Waals surface area (Å²) < 4.78 is 45.3. The number of ether oxygens (including phenoxy) is 1. The molecule has 2 aliphatic rings. The molecule has 2 aromatic rings. The van der Waals surface area contributed by atoms with Crippen molar-refractivity contribution in [2.24, 2.45) is 5.92 Å².